The average molecular weight is 417 g/mol. The smallest absolute Gasteiger partial charge is 0.261 e. The Morgan fingerprint density at radius 3 is 2.24 bits per heavy atom. The van der Waals surface area contributed by atoms with E-state index in [1.165, 1.54) is 4.90 Å². The van der Waals surface area contributed by atoms with Crippen molar-refractivity contribution in [2.45, 2.75) is 40.3 Å². The lowest BCUT2D eigenvalue weighted by atomic mass is 10.1. The van der Waals surface area contributed by atoms with E-state index in [0.29, 0.717) is 29.8 Å². The minimum absolute atomic E-state index is 0.140. The molecule has 1 N–H and O–H groups in total. The Kier molecular flexibility index (Phi) is 8.52. The third-order valence-corrected chi connectivity index (χ3v) is 4.75. The molecule has 0 radical (unpaired) electrons. The Balaban J connectivity index is 2.10. The molecular weight excluding hydrogens is 388 g/mol. The normalized spacial score (nSPS) is 11.8. The molecule has 0 saturated carbocycles. The minimum Gasteiger partial charge on any atom is -0.484 e. The molecule has 0 aromatic heterocycles. The zero-order chi connectivity index (χ0) is 21.4. The van der Waals surface area contributed by atoms with Gasteiger partial charge in [-0.2, -0.15) is 0 Å². The SMILES string of the molecule is Cc1ccc(OCC(=O)N(Cc2ccc(Cl)cc2)C(C)C(=O)NCC(C)C)cc1. The first kappa shape index (κ1) is 22.8. The van der Waals surface area contributed by atoms with Crippen LogP contribution in [0, 0.1) is 12.8 Å². The van der Waals surface area contributed by atoms with Crippen molar-refractivity contribution in [3.63, 3.8) is 0 Å². The molecule has 2 rings (SSSR count). The molecule has 29 heavy (non-hydrogen) atoms. The zero-order valence-electron chi connectivity index (χ0n) is 17.4. The number of halogens is 1. The van der Waals surface area contributed by atoms with E-state index in [9.17, 15) is 9.59 Å². The van der Waals surface area contributed by atoms with Gasteiger partial charge in [-0.3, -0.25) is 9.59 Å². The first-order valence-electron chi connectivity index (χ1n) is 9.77. The molecule has 5 nitrogen and oxygen atoms in total. The monoisotopic (exact) mass is 416 g/mol. The maximum absolute atomic E-state index is 12.9. The standard InChI is InChI=1S/C23H29ClN2O3/c1-16(2)13-25-23(28)18(4)26(14-19-7-9-20(24)10-8-19)22(27)15-29-21-11-5-17(3)6-12-21/h5-12,16,18H,13-15H2,1-4H3,(H,25,28). The molecule has 2 aromatic carbocycles. The molecule has 2 amide bonds. The molecule has 0 aliphatic rings. The van der Waals surface area contributed by atoms with E-state index in [4.69, 9.17) is 16.3 Å². The number of hydrogen-bond donors (Lipinski definition) is 1. The van der Waals surface area contributed by atoms with E-state index < -0.39 is 6.04 Å². The summed E-state index contributed by atoms with van der Waals surface area (Å²) in [7, 11) is 0. The molecule has 0 aliphatic heterocycles. The van der Waals surface area contributed by atoms with Gasteiger partial charge in [-0.1, -0.05) is 55.3 Å². The van der Waals surface area contributed by atoms with Crippen molar-refractivity contribution < 1.29 is 14.3 Å². The first-order chi connectivity index (χ1) is 13.8. The lowest BCUT2D eigenvalue weighted by molar-refractivity contribution is -0.142. The maximum atomic E-state index is 12.9. The number of rotatable bonds is 9. The van der Waals surface area contributed by atoms with Crippen molar-refractivity contribution in [1.29, 1.82) is 0 Å². The molecule has 2 aromatic rings. The van der Waals surface area contributed by atoms with Gasteiger partial charge in [-0.15, -0.1) is 0 Å². The lowest BCUT2D eigenvalue weighted by Crippen LogP contribution is -2.49. The lowest BCUT2D eigenvalue weighted by Gasteiger charge is -2.29. The Labute approximate surface area is 178 Å². The van der Waals surface area contributed by atoms with Crippen LogP contribution in [0.4, 0.5) is 0 Å². The van der Waals surface area contributed by atoms with Crippen molar-refractivity contribution in [2.75, 3.05) is 13.2 Å². The van der Waals surface area contributed by atoms with Gasteiger partial charge in [0.25, 0.3) is 5.91 Å². The number of hydrogen-bond acceptors (Lipinski definition) is 3. The van der Waals surface area contributed by atoms with Crippen molar-refractivity contribution in [2.24, 2.45) is 5.92 Å². The zero-order valence-corrected chi connectivity index (χ0v) is 18.2. The molecule has 0 bridgehead atoms. The summed E-state index contributed by atoms with van der Waals surface area (Å²) in [6.07, 6.45) is 0. The average Bonchev–Trinajstić information content (AvgIpc) is 2.70. The van der Waals surface area contributed by atoms with Crippen molar-refractivity contribution in [1.82, 2.24) is 10.2 Å². The maximum Gasteiger partial charge on any atom is 0.261 e. The van der Waals surface area contributed by atoms with Crippen LogP contribution >= 0.6 is 11.6 Å². The Bertz CT molecular complexity index is 804. The predicted molar refractivity (Wildman–Crippen MR) is 116 cm³/mol. The second kappa shape index (κ2) is 10.9. The van der Waals surface area contributed by atoms with Gasteiger partial charge in [-0.05, 0) is 49.6 Å². The molecule has 156 valence electrons. The van der Waals surface area contributed by atoms with Gasteiger partial charge in [0.1, 0.15) is 11.8 Å². The van der Waals surface area contributed by atoms with Gasteiger partial charge < -0.3 is 15.0 Å². The van der Waals surface area contributed by atoms with E-state index in [1.54, 1.807) is 19.1 Å². The number of amides is 2. The van der Waals surface area contributed by atoms with Crippen LogP contribution in [-0.4, -0.2) is 35.9 Å². The molecule has 0 fully saturated rings. The van der Waals surface area contributed by atoms with Crippen LogP contribution in [0.15, 0.2) is 48.5 Å². The van der Waals surface area contributed by atoms with E-state index >= 15 is 0 Å². The van der Waals surface area contributed by atoms with Crippen LogP contribution in [0.2, 0.25) is 5.02 Å². The summed E-state index contributed by atoms with van der Waals surface area (Å²) in [5.74, 6) is 0.507. The number of nitrogens with zero attached hydrogens (tertiary/aromatic N) is 1. The number of carbonyl (C=O) groups is 2. The number of nitrogens with one attached hydrogen (secondary N) is 1. The summed E-state index contributed by atoms with van der Waals surface area (Å²) < 4.78 is 5.64. The molecular formula is C23H29ClN2O3. The number of carbonyl (C=O) groups excluding carboxylic acids is 2. The molecule has 0 heterocycles. The van der Waals surface area contributed by atoms with E-state index in [-0.39, 0.29) is 18.4 Å². The van der Waals surface area contributed by atoms with Gasteiger partial charge in [0.2, 0.25) is 5.91 Å². The number of ether oxygens (including phenoxy) is 1. The second-order valence-electron chi connectivity index (χ2n) is 7.56. The van der Waals surface area contributed by atoms with Crippen LogP contribution in [0.5, 0.6) is 5.75 Å². The van der Waals surface area contributed by atoms with Gasteiger partial charge >= 0.3 is 0 Å². The predicted octanol–water partition coefficient (Wildman–Crippen LogP) is 4.22. The Morgan fingerprint density at radius 2 is 1.66 bits per heavy atom. The molecule has 1 unspecified atom stereocenters. The van der Waals surface area contributed by atoms with Crippen LogP contribution in [0.25, 0.3) is 0 Å². The molecule has 0 spiro atoms. The highest BCUT2D eigenvalue weighted by atomic mass is 35.5. The first-order valence-corrected chi connectivity index (χ1v) is 10.1. The van der Waals surface area contributed by atoms with Gasteiger partial charge in [-0.25, -0.2) is 0 Å². The fraction of sp³-hybridized carbons (Fsp3) is 0.391. The molecule has 6 heteroatoms. The quantitative estimate of drug-likeness (QED) is 0.665. The van der Waals surface area contributed by atoms with Gasteiger partial charge in [0.05, 0.1) is 0 Å². The van der Waals surface area contributed by atoms with Gasteiger partial charge in [0.15, 0.2) is 6.61 Å². The van der Waals surface area contributed by atoms with Crippen LogP contribution in [0.1, 0.15) is 31.9 Å². The Morgan fingerprint density at radius 1 is 1.03 bits per heavy atom. The van der Waals surface area contributed by atoms with Gasteiger partial charge in [0, 0.05) is 18.1 Å². The fourth-order valence-corrected chi connectivity index (χ4v) is 2.81. The summed E-state index contributed by atoms with van der Waals surface area (Å²) in [4.78, 5) is 27.1. The third-order valence-electron chi connectivity index (χ3n) is 4.50. The largest absolute Gasteiger partial charge is 0.484 e. The highest BCUT2D eigenvalue weighted by Crippen LogP contribution is 2.15. The summed E-state index contributed by atoms with van der Waals surface area (Å²) in [5, 5.41) is 3.52. The summed E-state index contributed by atoms with van der Waals surface area (Å²) >= 11 is 5.96. The van der Waals surface area contributed by atoms with Crippen LogP contribution in [-0.2, 0) is 16.1 Å². The molecule has 0 aliphatic carbocycles. The summed E-state index contributed by atoms with van der Waals surface area (Å²) in [6, 6.07) is 14.1. The van der Waals surface area contributed by atoms with E-state index in [2.05, 4.69) is 5.32 Å². The second-order valence-corrected chi connectivity index (χ2v) is 8.00. The topological polar surface area (TPSA) is 58.6 Å². The van der Waals surface area contributed by atoms with E-state index in [1.807, 2.05) is 57.2 Å². The number of aryl methyl sites for hydroxylation is 1. The highest BCUT2D eigenvalue weighted by Gasteiger charge is 2.26. The minimum atomic E-state index is -0.626. The van der Waals surface area contributed by atoms with E-state index in [0.717, 1.165) is 11.1 Å². The summed E-state index contributed by atoms with van der Waals surface area (Å²) in [5.41, 5.74) is 2.00. The number of benzene rings is 2. The van der Waals surface area contributed by atoms with Crippen LogP contribution < -0.4 is 10.1 Å². The molecule has 0 saturated heterocycles. The van der Waals surface area contributed by atoms with Crippen molar-refractivity contribution in [3.8, 4) is 5.75 Å². The highest BCUT2D eigenvalue weighted by molar-refractivity contribution is 6.30. The molecule has 1 atom stereocenters. The summed E-state index contributed by atoms with van der Waals surface area (Å²) in [6.45, 7) is 8.48. The Hall–Kier alpha value is -2.53. The third kappa shape index (κ3) is 7.42. The van der Waals surface area contributed by atoms with Crippen LogP contribution in [0.3, 0.4) is 0 Å². The van der Waals surface area contributed by atoms with Crippen molar-refractivity contribution >= 4 is 23.4 Å². The fourth-order valence-electron chi connectivity index (χ4n) is 2.68. The van der Waals surface area contributed by atoms with Crippen molar-refractivity contribution in [3.05, 3.63) is 64.7 Å².